The van der Waals surface area contributed by atoms with Crippen molar-refractivity contribution in [1.82, 2.24) is 0 Å². The zero-order valence-electron chi connectivity index (χ0n) is 61.5. The van der Waals surface area contributed by atoms with Gasteiger partial charge in [-0.2, -0.15) is 0 Å². The molecule has 0 spiro atoms. The van der Waals surface area contributed by atoms with Crippen molar-refractivity contribution in [3.63, 3.8) is 0 Å². The zero-order chi connectivity index (χ0) is 75.1. The van der Waals surface area contributed by atoms with Crippen molar-refractivity contribution in [2.45, 2.75) is 174 Å². The number of benzene rings is 7. The van der Waals surface area contributed by atoms with Crippen molar-refractivity contribution in [2.75, 3.05) is 0 Å². The molecule has 0 saturated carbocycles. The first-order chi connectivity index (χ1) is 52.7. The average Bonchev–Trinajstić information content (AvgIpc) is 1.49. The number of halogens is 3. The summed E-state index contributed by atoms with van der Waals surface area (Å²) in [6.45, 7) is 26.8. The molecule has 0 aliphatic heterocycles. The van der Waals surface area contributed by atoms with Crippen LogP contribution in [0, 0.1) is 60.2 Å². The van der Waals surface area contributed by atoms with Gasteiger partial charge in [0.2, 0.25) is 0 Å². The minimum Gasteiger partial charge on any atom is -0.289 e. The van der Waals surface area contributed by atoms with Gasteiger partial charge in [0.25, 0.3) is 11.4 Å². The van der Waals surface area contributed by atoms with Crippen LogP contribution in [0.5, 0.6) is 0 Å². The van der Waals surface area contributed by atoms with Crippen LogP contribution in [0.15, 0.2) is 168 Å². The quantitative estimate of drug-likeness (QED) is 0.0234. The predicted molar refractivity (Wildman–Crippen MR) is 439 cm³/mol. The lowest BCUT2D eigenvalue weighted by Crippen LogP contribution is -2.30. The number of carbonyl (C=O) groups is 2. The Morgan fingerprint density at radius 3 is 1.06 bits per heavy atom. The number of ketones is 2. The highest BCUT2D eigenvalue weighted by Gasteiger charge is 2.55. The molecule has 4 aliphatic carbocycles. The van der Waals surface area contributed by atoms with Crippen molar-refractivity contribution >= 4 is 99.0 Å². The largest absolute Gasteiger partial charge is 0.289 e. The van der Waals surface area contributed by atoms with Gasteiger partial charge in [-0.3, -0.25) is 9.59 Å². The number of allylic oxidation sites excluding steroid dienone is 6. The minimum atomic E-state index is -1.19. The molecular formula is C95H81F3N4O2S4. The Kier molecular flexibility index (Phi) is 21.0. The third-order valence-electron chi connectivity index (χ3n) is 22.7. The fourth-order valence-electron chi connectivity index (χ4n) is 17.3. The summed E-state index contributed by atoms with van der Waals surface area (Å²) in [5, 5.41) is 20.9. The number of thiophene rings is 4. The van der Waals surface area contributed by atoms with Crippen LogP contribution in [-0.2, 0) is 36.5 Å². The maximum atomic E-state index is 15.5. The molecule has 0 unspecified atom stereocenters. The summed E-state index contributed by atoms with van der Waals surface area (Å²) in [6.07, 6.45) is 25.5. The lowest BCUT2D eigenvalue weighted by molar-refractivity contribution is 0.103. The Morgan fingerprint density at radius 2 is 0.741 bits per heavy atom. The molecule has 15 rings (SSSR count). The van der Waals surface area contributed by atoms with Crippen molar-refractivity contribution in [1.29, 1.82) is 10.5 Å². The Hall–Kier alpha value is -10.1. The molecule has 0 bridgehead atoms. The molecule has 7 aromatic carbocycles. The Labute approximate surface area is 647 Å². The normalized spacial score (nSPS) is 15.8. The van der Waals surface area contributed by atoms with Crippen LogP contribution in [0.4, 0.5) is 13.2 Å². The van der Waals surface area contributed by atoms with Crippen LogP contribution in [0.1, 0.15) is 244 Å². The van der Waals surface area contributed by atoms with E-state index in [1.807, 2.05) is 12.1 Å². The molecular weight excluding hydrogens is 1410 g/mol. The second-order valence-electron chi connectivity index (χ2n) is 29.4. The Morgan fingerprint density at radius 1 is 0.417 bits per heavy atom. The number of unbranched alkanes of at least 4 members (excludes halogenated alkanes) is 12. The maximum Gasteiger partial charge on any atom is 0.270 e. The Balaban J connectivity index is 1.01. The number of aryl methyl sites for hydroxylation is 5. The highest BCUT2D eigenvalue weighted by atomic mass is 32.1. The first-order valence-corrected chi connectivity index (χ1v) is 41.5. The van der Waals surface area contributed by atoms with Gasteiger partial charge in [-0.1, -0.05) is 202 Å². The number of carbonyl (C=O) groups excluding carboxylic acids is 2. The Bertz CT molecular complexity index is 5260. The van der Waals surface area contributed by atoms with Gasteiger partial charge in [0.05, 0.1) is 45.5 Å². The summed E-state index contributed by atoms with van der Waals surface area (Å²) >= 11 is 6.58. The van der Waals surface area contributed by atoms with Crippen LogP contribution in [-0.4, -0.2) is 11.6 Å². The fraction of sp³-hybridized carbons (Fsp3) is 0.284. The molecule has 0 N–H and O–H groups in total. The molecule has 4 aliphatic rings. The summed E-state index contributed by atoms with van der Waals surface area (Å²) in [5.74, 6) is -3.94. The highest BCUT2D eigenvalue weighted by molar-refractivity contribution is 7.31. The topological polar surface area (TPSA) is 90.4 Å². The molecule has 4 heterocycles. The first kappa shape index (κ1) is 73.4. The van der Waals surface area contributed by atoms with Crippen molar-refractivity contribution in [3.8, 4) is 33.0 Å². The molecule has 0 atom stereocenters. The van der Waals surface area contributed by atoms with E-state index in [4.69, 9.17) is 13.1 Å². The van der Waals surface area contributed by atoms with Crippen molar-refractivity contribution < 1.29 is 22.8 Å². The average molecular weight is 1500 g/mol. The molecule has 108 heavy (non-hydrogen) atoms. The van der Waals surface area contributed by atoms with Crippen molar-refractivity contribution in [2.24, 2.45) is 0 Å². The smallest absolute Gasteiger partial charge is 0.270 e. The third-order valence-corrected chi connectivity index (χ3v) is 27.5. The molecule has 13 heteroatoms. The molecule has 0 fully saturated rings. The molecule has 538 valence electrons. The van der Waals surface area contributed by atoms with Crippen LogP contribution >= 0.6 is 45.3 Å². The van der Waals surface area contributed by atoms with Gasteiger partial charge in [-0.05, 0) is 202 Å². The number of hydrogen-bond acceptors (Lipinski definition) is 8. The zero-order valence-corrected chi connectivity index (χ0v) is 64.8. The molecule has 11 aromatic rings. The molecule has 0 saturated heterocycles. The van der Waals surface area contributed by atoms with E-state index in [0.29, 0.717) is 16.0 Å². The second kappa shape index (κ2) is 30.9. The van der Waals surface area contributed by atoms with E-state index < -0.39 is 39.8 Å². The summed E-state index contributed by atoms with van der Waals surface area (Å²) in [5.41, 5.74) is 14.9. The number of hydrogen-bond donors (Lipinski definition) is 0. The predicted octanol–water partition coefficient (Wildman–Crippen LogP) is 27.0. The van der Waals surface area contributed by atoms with E-state index in [9.17, 15) is 20.1 Å². The number of nitriles is 2. The van der Waals surface area contributed by atoms with E-state index in [0.717, 1.165) is 204 Å². The second-order valence-corrected chi connectivity index (χ2v) is 33.7. The summed E-state index contributed by atoms with van der Waals surface area (Å²) < 4.78 is 49.8. The van der Waals surface area contributed by atoms with Gasteiger partial charge in [-0.25, -0.2) is 33.4 Å². The lowest BCUT2D eigenvalue weighted by Gasteiger charge is -2.36. The van der Waals surface area contributed by atoms with Gasteiger partial charge >= 0.3 is 0 Å². The van der Waals surface area contributed by atoms with Gasteiger partial charge in [-0.15, -0.1) is 45.3 Å². The van der Waals surface area contributed by atoms with E-state index >= 15 is 13.2 Å². The van der Waals surface area contributed by atoms with Crippen LogP contribution < -0.4 is 0 Å². The van der Waals surface area contributed by atoms with Crippen molar-refractivity contribution in [3.05, 3.63) is 313 Å². The van der Waals surface area contributed by atoms with E-state index in [-0.39, 0.29) is 50.4 Å². The van der Waals surface area contributed by atoms with Gasteiger partial charge in [0.15, 0.2) is 23.2 Å². The third kappa shape index (κ3) is 12.6. The first-order valence-electron chi connectivity index (χ1n) is 38.3. The highest BCUT2D eigenvalue weighted by Crippen LogP contribution is 2.68. The number of rotatable bonds is 26. The summed E-state index contributed by atoms with van der Waals surface area (Å²) in [6, 6.07) is 55.3. The van der Waals surface area contributed by atoms with Gasteiger partial charge < -0.3 is 0 Å². The minimum absolute atomic E-state index is 0.0122. The standard InChI is InChI=1S/C95H81F3N4O2S4/c1-8-12-16-20-24-57-28-36-61(37-29-57)94(62-38-30-58(31-39-62)25-21-17-13-9-2)75-50-72-76(49-71(75)90-86(94)92-82(107-90)47-65(105-92)45-73-84(80(54-99)101-6)67-44-56(5)77(96)52-69(67)88(73)103)95(63-40-32-59(33-41-63)26-22-18-14-10-3,64-42-34-60(35-43-64)27-23-19-15-11-4)87-91(72)108-83-48-66(106-93(83)87)46-74-85(81(55-100)102-7)68-51-78(97)79(98)53-70(68)89(74)104/h28-53H,8-27H2,1-5H3/b73-45?,74-46?,84-80-,85-81+. The van der Waals surface area contributed by atoms with Gasteiger partial charge in [0.1, 0.15) is 5.82 Å². The van der Waals surface area contributed by atoms with E-state index in [1.165, 1.54) is 65.3 Å². The number of Topliss-reactive ketones (excluding diaryl/α,β-unsaturated/α-hetero) is 2. The fourth-order valence-corrected chi connectivity index (χ4v) is 22.8. The SMILES string of the molecule is [C-]#[N+]/C(C#N)=C1\C(=Cc2cc3sc4c(c3s2)C(c2ccc(CCCCCC)cc2)(c2ccc(CCCCCC)cc2)c2cc3c(cc2-4)C(c2ccc(CCCCCC)cc2)(c2ccc(CCCCCC)cc2)c2c-3sc3cc(C=C4C(=O)c5cc(F)c(F)cc5/C4=C(/C#N)[N+]#[C-])sc23)C(=O)c2cc(F)c(C)cc21. The lowest BCUT2D eigenvalue weighted by atomic mass is 9.65. The molecule has 6 nitrogen and oxygen atoms in total. The molecule has 0 radical (unpaired) electrons. The van der Waals surface area contributed by atoms with E-state index in [2.05, 4.69) is 165 Å². The molecule has 4 aromatic heterocycles. The number of nitrogens with zero attached hydrogens (tertiary/aromatic N) is 4. The van der Waals surface area contributed by atoms with Crippen LogP contribution in [0.3, 0.4) is 0 Å². The van der Waals surface area contributed by atoms with E-state index in [1.54, 1.807) is 53.1 Å². The van der Waals surface area contributed by atoms with Crippen LogP contribution in [0.2, 0.25) is 0 Å². The number of fused-ring (bicyclic) bond motifs is 12. The molecule has 0 amide bonds. The maximum absolute atomic E-state index is 15.5. The summed E-state index contributed by atoms with van der Waals surface area (Å²) in [7, 11) is 0. The summed E-state index contributed by atoms with van der Waals surface area (Å²) in [4.78, 5) is 40.2. The monoisotopic (exact) mass is 1490 g/mol. The van der Waals surface area contributed by atoms with Crippen LogP contribution in [0.25, 0.3) is 72.7 Å². The van der Waals surface area contributed by atoms with Gasteiger partial charge in [0, 0.05) is 73.5 Å².